The number of alkyl halides is 1. The van der Waals surface area contributed by atoms with Crippen LogP contribution in [0.15, 0.2) is 214 Å². The second-order valence-electron chi connectivity index (χ2n) is 29.2. The summed E-state index contributed by atoms with van der Waals surface area (Å²) in [5.41, 5.74) is 7.61. The number of aromatic hydroxyl groups is 2. The molecule has 0 spiro atoms. The Balaban J connectivity index is 0.000000244. The Bertz CT molecular complexity index is 4140. The summed E-state index contributed by atoms with van der Waals surface area (Å²) in [6, 6.07) is 50.7. The van der Waals surface area contributed by atoms with E-state index in [0.29, 0.717) is 5.02 Å². The van der Waals surface area contributed by atoms with Gasteiger partial charge in [0.1, 0.15) is 22.7 Å². The van der Waals surface area contributed by atoms with Gasteiger partial charge in [-0.1, -0.05) is 195 Å². The van der Waals surface area contributed by atoms with Gasteiger partial charge in [-0.2, -0.15) is 0 Å². The molecule has 116 heavy (non-hydrogen) atoms. The topological polar surface area (TPSA) is 235 Å². The summed E-state index contributed by atoms with van der Waals surface area (Å²) >= 11 is 33.5. The van der Waals surface area contributed by atoms with Crippen LogP contribution in [-0.2, 0) is 55.4 Å². The molecule has 21 nitrogen and oxygen atoms in total. The third-order valence-electron chi connectivity index (χ3n) is 17.8. The van der Waals surface area contributed by atoms with E-state index in [-0.39, 0.29) is 51.6 Å². The first kappa shape index (κ1) is 100. The molecule has 6 N–H and O–H groups in total. The molecule has 7 aromatic carbocycles. The minimum Gasteiger partial charge on any atom is -0.508 e. The second-order valence-corrected chi connectivity index (χ2v) is 34.6. The van der Waals surface area contributed by atoms with Crippen molar-refractivity contribution < 1.29 is 53.7 Å². The van der Waals surface area contributed by atoms with Crippen LogP contribution in [0.1, 0.15) is 69.4 Å². The number of ether oxygens (including phenoxy) is 2. The van der Waals surface area contributed by atoms with E-state index in [2.05, 4.69) is 227 Å². The van der Waals surface area contributed by atoms with Crippen LogP contribution in [0.2, 0.25) is 10.0 Å². The second kappa shape index (κ2) is 53.2. The molecule has 628 valence electrons. The average Bonchev–Trinajstić information content (AvgIpc) is 0.834. The van der Waals surface area contributed by atoms with E-state index >= 15 is 0 Å². The van der Waals surface area contributed by atoms with Crippen LogP contribution >= 0.6 is 114 Å². The van der Waals surface area contributed by atoms with Crippen LogP contribution in [-0.4, -0.2) is 238 Å². The normalized spacial score (nSPS) is 15.1. The molecule has 30 heteroatoms. The van der Waals surface area contributed by atoms with Crippen molar-refractivity contribution >= 4 is 156 Å². The van der Waals surface area contributed by atoms with Crippen LogP contribution in [0, 0.1) is 0 Å². The van der Waals surface area contributed by atoms with Crippen LogP contribution in [0.25, 0.3) is 11.1 Å². The van der Waals surface area contributed by atoms with Gasteiger partial charge in [0, 0.05) is 201 Å². The van der Waals surface area contributed by atoms with Gasteiger partial charge in [-0.25, -0.2) is 9.59 Å². The predicted octanol–water partition coefficient (Wildman–Crippen LogP) is 16.0. The number of phenolic OH excluding ortho intramolecular Hbond substituents is 2. The van der Waals surface area contributed by atoms with Gasteiger partial charge in [0.15, 0.2) is 0 Å². The fourth-order valence-corrected chi connectivity index (χ4v) is 13.5. The highest BCUT2D eigenvalue weighted by Crippen LogP contribution is 2.32. The van der Waals surface area contributed by atoms with E-state index in [1.54, 1.807) is 28.0 Å². The molecule has 0 radical (unpaired) electrons. The van der Waals surface area contributed by atoms with Crippen LogP contribution in [0.4, 0.5) is 9.59 Å². The number of hydrogen-bond acceptors (Lipinski definition) is 17. The third kappa shape index (κ3) is 40.5. The largest absolute Gasteiger partial charge is 0.508 e. The molecule has 5 heterocycles. The van der Waals surface area contributed by atoms with Crippen molar-refractivity contribution in [3.05, 3.63) is 251 Å². The number of phenols is 2. The van der Waals surface area contributed by atoms with E-state index in [1.807, 2.05) is 75.6 Å². The molecule has 5 aliphatic rings. The van der Waals surface area contributed by atoms with E-state index in [0.717, 1.165) is 197 Å². The molecule has 0 saturated carbocycles. The summed E-state index contributed by atoms with van der Waals surface area (Å²) in [7, 11) is -1.64. The molecule has 12 rings (SSSR count). The first-order chi connectivity index (χ1) is 55.1. The number of hydrogen-bond donors (Lipinski definition) is 6. The number of nitrogens with one attached hydrogen (secondary N) is 2. The molecule has 5 saturated heterocycles. The SMILES string of the molecule is BrCc1ccc(Br)cc1.Brc1ccc(CN2CCNCC2)cc1.C=CC(=O)Cl.C=CC(=O)N1CCN(Cc2ccc(-c3cc(O)ccc3Cl)cc2)CC1.C=CC(=O)N1CCN(Cc2ccc(Br)cc2)CC1.CC(C)(C)OC(=O)N1CCN(Cc2ccc(Br)cc2)CC1.CC(C)(C)OC(=O)N1CCNCC1.OB(O)c1cc(O)ccc1Cl. The Kier molecular flexibility index (Phi) is 45.9. The Morgan fingerprint density at radius 1 is 0.422 bits per heavy atom. The van der Waals surface area contributed by atoms with Gasteiger partial charge in [0.05, 0.1) is 0 Å². The van der Waals surface area contributed by atoms with Gasteiger partial charge in [-0.15, -0.1) is 0 Å². The lowest BCUT2D eigenvalue weighted by Crippen LogP contribution is -2.49. The zero-order valence-electron chi connectivity index (χ0n) is 66.9. The fourth-order valence-electron chi connectivity index (χ4n) is 11.6. The molecule has 7 aromatic rings. The fraction of sp³-hybridized carbons (Fsp3) is 0.384. The number of piperazine rings is 5. The molecule has 5 fully saturated rings. The lowest BCUT2D eigenvalue weighted by atomic mass is 9.80. The molecule has 0 aromatic heterocycles. The van der Waals surface area contributed by atoms with Crippen LogP contribution in [0.5, 0.6) is 11.5 Å². The first-order valence-electron chi connectivity index (χ1n) is 38.0. The molecule has 4 amide bonds. The first-order valence-corrected chi connectivity index (χ1v) is 43.4. The minimum atomic E-state index is -1.64. The van der Waals surface area contributed by atoms with Gasteiger partial charge in [-0.3, -0.25) is 34.0 Å². The highest BCUT2D eigenvalue weighted by atomic mass is 79.9. The maximum Gasteiger partial charge on any atom is 0.490 e. The number of halogens is 8. The molecule has 0 aliphatic carbocycles. The zero-order chi connectivity index (χ0) is 85.3. The Hall–Kier alpha value is -6.48. The van der Waals surface area contributed by atoms with Gasteiger partial charge in [-0.05, 0) is 190 Å². The summed E-state index contributed by atoms with van der Waals surface area (Å²) in [6.07, 6.45) is 3.41. The van der Waals surface area contributed by atoms with Crippen molar-refractivity contribution in [1.29, 1.82) is 0 Å². The molecular weight excluding hydrogens is 1870 g/mol. The Morgan fingerprint density at radius 2 is 0.716 bits per heavy atom. The summed E-state index contributed by atoms with van der Waals surface area (Å²) in [4.78, 5) is 72.8. The summed E-state index contributed by atoms with van der Waals surface area (Å²) < 4.78 is 15.1. The van der Waals surface area contributed by atoms with Gasteiger partial charge >= 0.3 is 19.3 Å². The monoisotopic (exact) mass is 1970 g/mol. The van der Waals surface area contributed by atoms with Gasteiger partial charge < -0.3 is 60.0 Å². The Labute approximate surface area is 742 Å². The van der Waals surface area contributed by atoms with Crippen molar-refractivity contribution in [2.24, 2.45) is 0 Å². The number of nitrogens with zero attached hydrogens (tertiary/aromatic N) is 8. The lowest BCUT2D eigenvalue weighted by Gasteiger charge is -2.35. The van der Waals surface area contributed by atoms with Gasteiger partial charge in [0.25, 0.3) is 0 Å². The molecule has 5 aliphatic heterocycles. The Morgan fingerprint density at radius 3 is 1.03 bits per heavy atom. The maximum atomic E-state index is 12.0. The van der Waals surface area contributed by atoms with Crippen LogP contribution < -0.4 is 16.1 Å². The lowest BCUT2D eigenvalue weighted by molar-refractivity contribution is -0.128. The summed E-state index contributed by atoms with van der Waals surface area (Å²) in [5.74, 6) is 0.207. The third-order valence-corrected chi connectivity index (χ3v) is 21.4. The number of amides is 4. The van der Waals surface area contributed by atoms with E-state index in [1.165, 1.54) is 58.2 Å². The minimum absolute atomic E-state index is 0.00648. The molecule has 0 bridgehead atoms. The number of carbonyl (C=O) groups is 5. The van der Waals surface area contributed by atoms with Crippen LogP contribution in [0.3, 0.4) is 0 Å². The summed E-state index contributed by atoms with van der Waals surface area (Å²) in [5, 5.41) is 43.7. The van der Waals surface area contributed by atoms with Gasteiger partial charge in [0.2, 0.25) is 17.1 Å². The highest BCUT2D eigenvalue weighted by molar-refractivity contribution is 9.11. The van der Waals surface area contributed by atoms with E-state index in [9.17, 15) is 29.1 Å². The van der Waals surface area contributed by atoms with E-state index in [4.69, 9.17) is 59.4 Å². The highest BCUT2D eigenvalue weighted by Gasteiger charge is 2.28. The van der Waals surface area contributed by atoms with Crippen molar-refractivity contribution in [2.45, 2.75) is 84.3 Å². The van der Waals surface area contributed by atoms with Crippen molar-refractivity contribution in [1.82, 2.24) is 49.8 Å². The van der Waals surface area contributed by atoms with Crippen molar-refractivity contribution in [2.75, 3.05) is 131 Å². The number of allylic oxidation sites excluding steroid dienone is 1. The number of benzene rings is 7. The van der Waals surface area contributed by atoms with E-state index < -0.39 is 18.0 Å². The maximum absolute atomic E-state index is 12.0. The standard InChI is InChI=1S/C20H21ClN2O2.C16H23BrN2O2.C14H17BrN2O.C11H15BrN2.C9H18N2O2.C7H6Br2.C6H6BClO3.C3H3ClO/c1-2-20(25)23-11-9-22(10-12-23)14-15-3-5-16(6-4-15)18-13-17(24)7-8-19(18)21;1-16(2,3)21-15(20)19-10-8-18(9-11-19)12-13-4-6-14(17)7-5-13;1-2-14(18)17-9-7-16(8-10-17)11-12-3-5-13(15)6-4-12;12-11-3-1-10(2-4-11)9-14-7-5-13-6-8-14;1-9(2,3)13-8(12)11-6-4-10-5-7-11;8-5-6-1-3-7(9)4-2-6;8-6-2-1-4(9)3-5(6)7(10)11;1-2-3(4)5/h2-8,13,24H,1,9-12,14H2;4-7H,8-12H2,1-3H3;2-6H,1,7-11H2;1-4,13H,5-9H2;10H,4-7H2,1-3H3;1-4H,5H2;1-3,9-11H;2H,1H2. The quantitative estimate of drug-likeness (QED) is 0.0257. The smallest absolute Gasteiger partial charge is 0.490 e. The van der Waals surface area contributed by atoms with Crippen molar-refractivity contribution in [3.63, 3.8) is 0 Å². The molecule has 0 atom stereocenters. The average molecular weight is 1980 g/mol. The number of carbonyl (C=O) groups excluding carboxylic acids is 5. The molecular formula is C86H109BBr5Cl3N10O11. The summed E-state index contributed by atoms with van der Waals surface area (Å²) in [6.45, 7) is 42.9. The predicted molar refractivity (Wildman–Crippen MR) is 488 cm³/mol. The number of rotatable bonds is 14. The zero-order valence-corrected chi connectivity index (χ0v) is 77.1. The van der Waals surface area contributed by atoms with Crippen molar-refractivity contribution in [3.8, 4) is 22.6 Å². The molecule has 0 unspecified atom stereocenters.